The van der Waals surface area contributed by atoms with Crippen LogP contribution in [0.2, 0.25) is 0 Å². The van der Waals surface area contributed by atoms with Crippen molar-refractivity contribution in [3.63, 3.8) is 0 Å². The van der Waals surface area contributed by atoms with E-state index in [4.69, 9.17) is 14.2 Å². The summed E-state index contributed by atoms with van der Waals surface area (Å²) in [6, 6.07) is 13.8. The number of hydrogen-bond donors (Lipinski definition) is 2. The molecule has 0 radical (unpaired) electrons. The monoisotopic (exact) mass is 366 g/mol. The molecule has 27 heavy (non-hydrogen) atoms. The Bertz CT molecular complexity index is 923. The molecule has 0 aromatic heterocycles. The summed E-state index contributed by atoms with van der Waals surface area (Å²) < 4.78 is 16.1. The lowest BCUT2D eigenvalue weighted by Gasteiger charge is -2.28. The van der Waals surface area contributed by atoms with Gasteiger partial charge in [0.2, 0.25) is 6.79 Å². The van der Waals surface area contributed by atoms with Gasteiger partial charge in [0.25, 0.3) is 0 Å². The first-order chi connectivity index (χ1) is 13.1. The quantitative estimate of drug-likeness (QED) is 0.813. The molecule has 0 saturated heterocycles. The number of urea groups is 1. The fourth-order valence-corrected chi connectivity index (χ4v) is 3.12. The van der Waals surface area contributed by atoms with Crippen LogP contribution in [0.3, 0.4) is 0 Å². The summed E-state index contributed by atoms with van der Waals surface area (Å²) in [5, 5.41) is 5.42. The third kappa shape index (κ3) is 3.44. The number of amides is 2. The first-order valence-electron chi connectivity index (χ1n) is 8.50. The van der Waals surface area contributed by atoms with Crippen LogP contribution in [0, 0.1) is 0 Å². The SMILES string of the molecule is CC1=C(C(=O)OCc2ccc3c(c2)OCO3)[C@@H](c2ccccc2)NC(=O)N1. The Morgan fingerprint density at radius 2 is 1.93 bits per heavy atom. The highest BCUT2D eigenvalue weighted by Gasteiger charge is 2.32. The van der Waals surface area contributed by atoms with Gasteiger partial charge in [-0.2, -0.15) is 0 Å². The molecule has 1 atom stereocenters. The van der Waals surface area contributed by atoms with Crippen molar-refractivity contribution in [2.24, 2.45) is 0 Å². The molecule has 7 heteroatoms. The number of fused-ring (bicyclic) bond motifs is 1. The molecule has 2 N–H and O–H groups in total. The van der Waals surface area contributed by atoms with Crippen molar-refractivity contribution in [1.29, 1.82) is 0 Å². The molecule has 0 unspecified atom stereocenters. The van der Waals surface area contributed by atoms with E-state index in [0.29, 0.717) is 22.8 Å². The van der Waals surface area contributed by atoms with E-state index in [1.54, 1.807) is 19.1 Å². The summed E-state index contributed by atoms with van der Waals surface area (Å²) >= 11 is 0. The van der Waals surface area contributed by atoms with E-state index in [1.165, 1.54) is 0 Å². The molecular weight excluding hydrogens is 348 g/mol. The zero-order chi connectivity index (χ0) is 18.8. The van der Waals surface area contributed by atoms with Crippen molar-refractivity contribution in [2.45, 2.75) is 19.6 Å². The number of nitrogens with one attached hydrogen (secondary N) is 2. The van der Waals surface area contributed by atoms with Crippen LogP contribution in [-0.4, -0.2) is 18.8 Å². The van der Waals surface area contributed by atoms with Crippen molar-refractivity contribution in [2.75, 3.05) is 6.79 Å². The Morgan fingerprint density at radius 1 is 1.15 bits per heavy atom. The highest BCUT2D eigenvalue weighted by Crippen LogP contribution is 2.33. The van der Waals surface area contributed by atoms with Crippen LogP contribution in [0.4, 0.5) is 4.79 Å². The van der Waals surface area contributed by atoms with Crippen LogP contribution >= 0.6 is 0 Å². The van der Waals surface area contributed by atoms with Gasteiger partial charge >= 0.3 is 12.0 Å². The number of ether oxygens (including phenoxy) is 3. The van der Waals surface area contributed by atoms with E-state index < -0.39 is 12.0 Å². The van der Waals surface area contributed by atoms with Gasteiger partial charge in [0.15, 0.2) is 11.5 Å². The van der Waals surface area contributed by atoms with Gasteiger partial charge < -0.3 is 24.8 Å². The van der Waals surface area contributed by atoms with Gasteiger partial charge in [-0.1, -0.05) is 36.4 Å². The number of benzene rings is 2. The molecule has 0 spiro atoms. The first kappa shape index (κ1) is 17.0. The van der Waals surface area contributed by atoms with Crippen LogP contribution < -0.4 is 20.1 Å². The smallest absolute Gasteiger partial charge is 0.338 e. The molecule has 2 amide bonds. The lowest BCUT2D eigenvalue weighted by atomic mass is 9.96. The van der Waals surface area contributed by atoms with Crippen molar-refractivity contribution in [3.8, 4) is 11.5 Å². The fourth-order valence-electron chi connectivity index (χ4n) is 3.12. The van der Waals surface area contributed by atoms with Gasteiger partial charge in [-0.15, -0.1) is 0 Å². The molecular formula is C20H18N2O5. The summed E-state index contributed by atoms with van der Waals surface area (Å²) in [6.45, 7) is 1.96. The van der Waals surface area contributed by atoms with E-state index in [1.807, 2.05) is 36.4 Å². The fraction of sp³-hybridized carbons (Fsp3) is 0.200. The topological polar surface area (TPSA) is 85.9 Å². The third-order valence-electron chi connectivity index (χ3n) is 4.43. The minimum atomic E-state index is -0.566. The normalized spacial score (nSPS) is 18.0. The molecule has 2 heterocycles. The summed E-state index contributed by atoms with van der Waals surface area (Å²) in [5.41, 5.74) is 2.45. The molecule has 7 nitrogen and oxygen atoms in total. The van der Waals surface area contributed by atoms with Crippen LogP contribution in [0.1, 0.15) is 24.1 Å². The number of esters is 1. The Kier molecular flexibility index (Phi) is 4.42. The van der Waals surface area contributed by atoms with Crippen LogP contribution in [0.5, 0.6) is 11.5 Å². The van der Waals surface area contributed by atoms with Gasteiger partial charge in [0.05, 0.1) is 11.6 Å². The number of rotatable bonds is 4. The third-order valence-corrected chi connectivity index (χ3v) is 4.43. The predicted octanol–water partition coefficient (Wildman–Crippen LogP) is 2.79. The second kappa shape index (κ2) is 7.03. The Balaban J connectivity index is 1.53. The second-order valence-corrected chi connectivity index (χ2v) is 6.24. The molecule has 0 fully saturated rings. The largest absolute Gasteiger partial charge is 0.457 e. The van der Waals surface area contributed by atoms with Crippen molar-refractivity contribution >= 4 is 12.0 Å². The van der Waals surface area contributed by atoms with Crippen molar-refractivity contribution in [3.05, 3.63) is 70.9 Å². The molecule has 0 bridgehead atoms. The zero-order valence-corrected chi connectivity index (χ0v) is 14.7. The zero-order valence-electron chi connectivity index (χ0n) is 14.7. The highest BCUT2D eigenvalue weighted by atomic mass is 16.7. The van der Waals surface area contributed by atoms with Crippen LogP contribution in [0.15, 0.2) is 59.8 Å². The molecule has 4 rings (SSSR count). The maximum Gasteiger partial charge on any atom is 0.338 e. The summed E-state index contributed by atoms with van der Waals surface area (Å²) in [6.07, 6.45) is 0. The minimum Gasteiger partial charge on any atom is -0.457 e. The van der Waals surface area contributed by atoms with Gasteiger partial charge in [0.1, 0.15) is 6.61 Å². The van der Waals surface area contributed by atoms with E-state index in [0.717, 1.165) is 11.1 Å². The molecule has 2 aromatic rings. The minimum absolute atomic E-state index is 0.0850. The van der Waals surface area contributed by atoms with E-state index in [2.05, 4.69) is 10.6 Å². The number of allylic oxidation sites excluding steroid dienone is 1. The average Bonchev–Trinajstić information content (AvgIpc) is 3.14. The molecule has 2 aliphatic heterocycles. The second-order valence-electron chi connectivity index (χ2n) is 6.24. The molecule has 2 aliphatic rings. The Labute approximate surface area is 155 Å². The van der Waals surface area contributed by atoms with Gasteiger partial charge in [0, 0.05) is 5.70 Å². The molecule has 0 saturated carbocycles. The summed E-state index contributed by atoms with van der Waals surface area (Å²) in [7, 11) is 0. The Hall–Kier alpha value is -3.48. The van der Waals surface area contributed by atoms with Crippen molar-refractivity contribution < 1.29 is 23.8 Å². The standard InChI is InChI=1S/C20H18N2O5/c1-12-17(18(22-20(24)21-12)14-5-3-2-4-6-14)19(23)25-10-13-7-8-15-16(9-13)27-11-26-15/h2-9,18H,10-11H2,1H3,(H2,21,22,24)/t18-/m1/s1. The van der Waals surface area contributed by atoms with E-state index in [-0.39, 0.29) is 19.4 Å². The maximum absolute atomic E-state index is 12.8. The van der Waals surface area contributed by atoms with Gasteiger partial charge in [-0.3, -0.25) is 0 Å². The number of carbonyl (C=O) groups is 2. The molecule has 2 aromatic carbocycles. The first-order valence-corrected chi connectivity index (χ1v) is 8.50. The highest BCUT2D eigenvalue weighted by molar-refractivity contribution is 5.95. The molecule has 0 aliphatic carbocycles. The van der Waals surface area contributed by atoms with Crippen LogP contribution in [0.25, 0.3) is 0 Å². The lowest BCUT2D eigenvalue weighted by molar-refractivity contribution is -0.140. The van der Waals surface area contributed by atoms with E-state index in [9.17, 15) is 9.59 Å². The summed E-state index contributed by atoms with van der Waals surface area (Å²) in [4.78, 5) is 24.7. The van der Waals surface area contributed by atoms with E-state index >= 15 is 0 Å². The van der Waals surface area contributed by atoms with Gasteiger partial charge in [-0.05, 0) is 30.2 Å². The predicted molar refractivity (Wildman–Crippen MR) is 95.9 cm³/mol. The average molecular weight is 366 g/mol. The van der Waals surface area contributed by atoms with Crippen LogP contribution in [-0.2, 0) is 16.1 Å². The lowest BCUT2D eigenvalue weighted by Crippen LogP contribution is -2.45. The van der Waals surface area contributed by atoms with Gasteiger partial charge in [-0.25, -0.2) is 9.59 Å². The Morgan fingerprint density at radius 3 is 2.74 bits per heavy atom. The van der Waals surface area contributed by atoms with Crippen molar-refractivity contribution in [1.82, 2.24) is 10.6 Å². The number of hydrogen-bond acceptors (Lipinski definition) is 5. The number of carbonyl (C=O) groups excluding carboxylic acids is 2. The maximum atomic E-state index is 12.8. The summed E-state index contributed by atoms with van der Waals surface area (Å²) in [5.74, 6) is 0.811. The molecule has 138 valence electrons.